The average Bonchev–Trinajstić information content (AvgIpc) is 3.16. The fourth-order valence-corrected chi connectivity index (χ4v) is 3.90. The van der Waals surface area contributed by atoms with Gasteiger partial charge in [0.15, 0.2) is 5.60 Å². The molecule has 0 bridgehead atoms. The Hall–Kier alpha value is -3.22. The van der Waals surface area contributed by atoms with Crippen molar-refractivity contribution in [2.75, 3.05) is 13.1 Å². The van der Waals surface area contributed by atoms with Gasteiger partial charge in [-0.25, -0.2) is 0 Å². The number of pyridine rings is 1. The summed E-state index contributed by atoms with van der Waals surface area (Å²) in [6.45, 7) is 3.44. The van der Waals surface area contributed by atoms with Crippen molar-refractivity contribution in [3.8, 4) is 0 Å². The summed E-state index contributed by atoms with van der Waals surface area (Å²) in [5.41, 5.74) is 2.34. The summed E-state index contributed by atoms with van der Waals surface area (Å²) in [6.07, 6.45) is 5.40. The first-order valence-electron chi connectivity index (χ1n) is 9.83. The lowest BCUT2D eigenvalue weighted by Crippen LogP contribution is -2.51. The normalized spacial score (nSPS) is 20.9. The predicted molar refractivity (Wildman–Crippen MR) is 108 cm³/mol. The molecule has 2 aliphatic heterocycles. The molecule has 1 fully saturated rings. The number of likely N-dealkylation sites (tertiary alicyclic amines) is 1. The van der Waals surface area contributed by atoms with Crippen LogP contribution in [-0.2, 0) is 16.2 Å². The summed E-state index contributed by atoms with van der Waals surface area (Å²) in [5.74, 6) is -0.242. The number of nitrogens with one attached hydrogen (secondary N) is 1. The summed E-state index contributed by atoms with van der Waals surface area (Å²) < 4.78 is 0. The topological polar surface area (TPSA) is 83.9 Å². The van der Waals surface area contributed by atoms with Crippen LogP contribution in [0.1, 0.15) is 40.7 Å². The van der Waals surface area contributed by atoms with Crippen LogP contribution >= 0.6 is 0 Å². The van der Waals surface area contributed by atoms with Crippen molar-refractivity contribution in [3.05, 3.63) is 65.5 Å². The van der Waals surface area contributed by atoms with Crippen LogP contribution in [0.3, 0.4) is 0 Å². The van der Waals surface area contributed by atoms with E-state index in [0.29, 0.717) is 37.3 Å². The highest BCUT2D eigenvalue weighted by molar-refractivity contribution is 6.39. The highest BCUT2D eigenvalue weighted by Crippen LogP contribution is 2.34. The molecule has 0 saturated carbocycles. The Labute approximate surface area is 169 Å². The van der Waals surface area contributed by atoms with E-state index in [1.165, 1.54) is 0 Å². The minimum absolute atomic E-state index is 0.000235. The molecule has 0 radical (unpaired) electrons. The van der Waals surface area contributed by atoms with Crippen molar-refractivity contribution in [1.29, 1.82) is 0 Å². The third-order valence-corrected chi connectivity index (χ3v) is 5.48. The number of amides is 2. The number of oxime groups is 1. The number of rotatable bonds is 4. The first-order chi connectivity index (χ1) is 14.1. The summed E-state index contributed by atoms with van der Waals surface area (Å²) in [4.78, 5) is 37.1. The SMILES string of the molecule is Cc1ccccc1C(=O)N1CCC[C@@]2(CC(C(=O)NCc3cccnc3)=NO2)C1. The number of aryl methyl sites for hydroxylation is 1. The predicted octanol–water partition coefficient (Wildman–Crippen LogP) is 2.46. The monoisotopic (exact) mass is 392 g/mol. The Balaban J connectivity index is 1.38. The molecule has 2 aromatic rings. The van der Waals surface area contributed by atoms with Gasteiger partial charge < -0.3 is 15.1 Å². The van der Waals surface area contributed by atoms with Crippen LogP contribution in [0.4, 0.5) is 0 Å². The van der Waals surface area contributed by atoms with E-state index in [1.54, 1.807) is 12.4 Å². The molecule has 0 unspecified atom stereocenters. The van der Waals surface area contributed by atoms with E-state index in [2.05, 4.69) is 15.5 Å². The molecule has 1 N–H and O–H groups in total. The maximum atomic E-state index is 13.0. The van der Waals surface area contributed by atoms with E-state index in [-0.39, 0.29) is 11.8 Å². The molecule has 3 heterocycles. The molecule has 29 heavy (non-hydrogen) atoms. The Bertz CT molecular complexity index is 944. The number of benzene rings is 1. The van der Waals surface area contributed by atoms with Gasteiger partial charge in [0.05, 0.1) is 6.54 Å². The van der Waals surface area contributed by atoms with Gasteiger partial charge in [-0.2, -0.15) is 0 Å². The summed E-state index contributed by atoms with van der Waals surface area (Å²) in [6, 6.07) is 11.3. The summed E-state index contributed by atoms with van der Waals surface area (Å²) in [7, 11) is 0. The maximum Gasteiger partial charge on any atom is 0.269 e. The van der Waals surface area contributed by atoms with Crippen molar-refractivity contribution < 1.29 is 14.4 Å². The number of carbonyl (C=O) groups excluding carboxylic acids is 2. The number of aromatic nitrogens is 1. The van der Waals surface area contributed by atoms with E-state index >= 15 is 0 Å². The van der Waals surface area contributed by atoms with Gasteiger partial charge in [0.1, 0.15) is 5.71 Å². The molecular weight excluding hydrogens is 368 g/mol. The second kappa shape index (κ2) is 8.03. The fourth-order valence-electron chi connectivity index (χ4n) is 3.90. The minimum Gasteiger partial charge on any atom is -0.386 e. The molecule has 0 aliphatic carbocycles. The third-order valence-electron chi connectivity index (χ3n) is 5.48. The van der Waals surface area contributed by atoms with Crippen LogP contribution < -0.4 is 5.32 Å². The Morgan fingerprint density at radius 1 is 1.24 bits per heavy atom. The fraction of sp³-hybridized carbons (Fsp3) is 0.364. The molecule has 4 rings (SSSR count). The Morgan fingerprint density at radius 2 is 2.10 bits per heavy atom. The number of nitrogens with zero attached hydrogens (tertiary/aromatic N) is 3. The van der Waals surface area contributed by atoms with Gasteiger partial charge in [0, 0.05) is 37.5 Å². The summed E-state index contributed by atoms with van der Waals surface area (Å²) >= 11 is 0. The van der Waals surface area contributed by atoms with E-state index in [0.717, 1.165) is 24.0 Å². The molecule has 1 saturated heterocycles. The van der Waals surface area contributed by atoms with Gasteiger partial charge in [0.25, 0.3) is 11.8 Å². The zero-order chi connectivity index (χ0) is 20.3. The standard InChI is InChI=1S/C22H24N4O3/c1-16-6-2-3-8-18(16)21(28)26-11-5-9-22(15-26)12-19(25-29-22)20(27)24-14-17-7-4-10-23-13-17/h2-4,6-8,10,13H,5,9,11-12,14-15H2,1H3,(H,24,27)/t22-/m1/s1. The molecule has 2 amide bonds. The van der Waals surface area contributed by atoms with Crippen molar-refractivity contribution in [1.82, 2.24) is 15.2 Å². The second-order valence-electron chi connectivity index (χ2n) is 7.68. The molecule has 150 valence electrons. The first-order valence-corrected chi connectivity index (χ1v) is 9.83. The van der Waals surface area contributed by atoms with Gasteiger partial charge in [-0.05, 0) is 43.0 Å². The lowest BCUT2D eigenvalue weighted by atomic mass is 9.87. The molecule has 1 atom stereocenters. The van der Waals surface area contributed by atoms with Crippen LogP contribution in [0, 0.1) is 6.92 Å². The Morgan fingerprint density at radius 3 is 2.90 bits per heavy atom. The van der Waals surface area contributed by atoms with Gasteiger partial charge >= 0.3 is 0 Å². The smallest absolute Gasteiger partial charge is 0.269 e. The quantitative estimate of drug-likeness (QED) is 0.866. The second-order valence-corrected chi connectivity index (χ2v) is 7.68. The Kier molecular flexibility index (Phi) is 5.29. The number of carbonyl (C=O) groups is 2. The maximum absolute atomic E-state index is 13.0. The largest absolute Gasteiger partial charge is 0.386 e. The van der Waals surface area contributed by atoms with Crippen molar-refractivity contribution in [2.24, 2.45) is 5.16 Å². The molecule has 1 spiro atoms. The molecule has 7 heteroatoms. The molecule has 2 aliphatic rings. The summed E-state index contributed by atoms with van der Waals surface area (Å²) in [5, 5.41) is 6.92. The van der Waals surface area contributed by atoms with Crippen LogP contribution in [0.5, 0.6) is 0 Å². The van der Waals surface area contributed by atoms with Crippen LogP contribution in [0.2, 0.25) is 0 Å². The van der Waals surface area contributed by atoms with Crippen LogP contribution in [0.25, 0.3) is 0 Å². The molecular formula is C22H24N4O3. The lowest BCUT2D eigenvalue weighted by Gasteiger charge is -2.38. The van der Waals surface area contributed by atoms with E-state index in [4.69, 9.17) is 4.84 Å². The van der Waals surface area contributed by atoms with E-state index in [1.807, 2.05) is 48.2 Å². The zero-order valence-electron chi connectivity index (χ0n) is 16.4. The van der Waals surface area contributed by atoms with Gasteiger partial charge in [-0.3, -0.25) is 14.6 Å². The average molecular weight is 392 g/mol. The molecule has 1 aromatic heterocycles. The van der Waals surface area contributed by atoms with E-state index in [9.17, 15) is 9.59 Å². The number of hydrogen-bond acceptors (Lipinski definition) is 5. The number of piperidine rings is 1. The van der Waals surface area contributed by atoms with E-state index < -0.39 is 5.60 Å². The highest BCUT2D eigenvalue weighted by atomic mass is 16.7. The lowest BCUT2D eigenvalue weighted by molar-refractivity contribution is -0.115. The highest BCUT2D eigenvalue weighted by Gasteiger charge is 2.45. The zero-order valence-corrected chi connectivity index (χ0v) is 16.4. The number of hydrogen-bond donors (Lipinski definition) is 1. The van der Waals surface area contributed by atoms with Crippen LogP contribution in [0.15, 0.2) is 53.9 Å². The van der Waals surface area contributed by atoms with Crippen molar-refractivity contribution >= 4 is 17.5 Å². The van der Waals surface area contributed by atoms with Gasteiger partial charge in [-0.15, -0.1) is 0 Å². The molecule has 7 nitrogen and oxygen atoms in total. The third kappa shape index (κ3) is 4.13. The van der Waals surface area contributed by atoms with Crippen LogP contribution in [-0.4, -0.2) is 46.1 Å². The van der Waals surface area contributed by atoms with Crippen molar-refractivity contribution in [2.45, 2.75) is 38.3 Å². The minimum atomic E-state index is -0.614. The van der Waals surface area contributed by atoms with Crippen molar-refractivity contribution in [3.63, 3.8) is 0 Å². The first kappa shape index (κ1) is 19.1. The van der Waals surface area contributed by atoms with Gasteiger partial charge in [0.2, 0.25) is 0 Å². The van der Waals surface area contributed by atoms with Gasteiger partial charge in [-0.1, -0.05) is 29.4 Å². The molecule has 1 aromatic carbocycles.